The molecule has 0 aliphatic heterocycles. The number of Topliss-reactive ketones (excluding diaryl/α,β-unsaturated/α-hetero) is 1. The summed E-state index contributed by atoms with van der Waals surface area (Å²) in [6.45, 7) is 0. The highest BCUT2D eigenvalue weighted by Gasteiger charge is 2.21. The first-order valence-electron chi connectivity index (χ1n) is 6.30. The summed E-state index contributed by atoms with van der Waals surface area (Å²) in [4.78, 5) is 12.2. The van der Waals surface area contributed by atoms with Gasteiger partial charge in [0.1, 0.15) is 0 Å². The Morgan fingerprint density at radius 1 is 1.35 bits per heavy atom. The lowest BCUT2D eigenvalue weighted by Gasteiger charge is -2.06. The SMILES string of the molecule is O=C(CC1CCCC1)c1cnn2ccccc12. The number of ketones is 1. The molecular weight excluding hydrogens is 212 g/mol. The van der Waals surface area contributed by atoms with Gasteiger partial charge in [-0.05, 0) is 18.1 Å². The Bertz CT molecular complexity index is 538. The number of nitrogens with zero attached hydrogens (tertiary/aromatic N) is 2. The smallest absolute Gasteiger partial charge is 0.166 e. The largest absolute Gasteiger partial charge is 0.294 e. The average molecular weight is 228 g/mol. The fourth-order valence-corrected chi connectivity index (χ4v) is 2.74. The van der Waals surface area contributed by atoms with E-state index in [0.29, 0.717) is 12.3 Å². The van der Waals surface area contributed by atoms with Crippen LogP contribution in [0.3, 0.4) is 0 Å². The molecule has 3 nitrogen and oxygen atoms in total. The normalized spacial score (nSPS) is 16.7. The van der Waals surface area contributed by atoms with Crippen LogP contribution in [-0.2, 0) is 0 Å². The number of fused-ring (bicyclic) bond motifs is 1. The van der Waals surface area contributed by atoms with E-state index in [-0.39, 0.29) is 5.78 Å². The van der Waals surface area contributed by atoms with Crippen molar-refractivity contribution >= 4 is 11.3 Å². The standard InChI is InChI=1S/C14H16N2O/c17-14(9-11-5-1-2-6-11)12-10-15-16-8-4-3-7-13(12)16/h3-4,7-8,10-11H,1-2,5-6,9H2. The molecule has 3 heteroatoms. The third-order valence-electron chi connectivity index (χ3n) is 3.68. The van der Waals surface area contributed by atoms with E-state index in [4.69, 9.17) is 0 Å². The molecule has 17 heavy (non-hydrogen) atoms. The van der Waals surface area contributed by atoms with E-state index in [2.05, 4.69) is 5.10 Å². The predicted octanol–water partition coefficient (Wildman–Crippen LogP) is 3.10. The van der Waals surface area contributed by atoms with Crippen LogP contribution in [0.25, 0.3) is 5.52 Å². The van der Waals surface area contributed by atoms with Gasteiger partial charge in [0.15, 0.2) is 5.78 Å². The van der Waals surface area contributed by atoms with Gasteiger partial charge >= 0.3 is 0 Å². The van der Waals surface area contributed by atoms with Gasteiger partial charge in [0.25, 0.3) is 0 Å². The van der Waals surface area contributed by atoms with Gasteiger partial charge in [0.05, 0.1) is 17.3 Å². The second-order valence-electron chi connectivity index (χ2n) is 4.87. The fourth-order valence-electron chi connectivity index (χ4n) is 2.74. The molecule has 1 aliphatic rings. The second kappa shape index (κ2) is 4.32. The third kappa shape index (κ3) is 1.97. The molecule has 0 amide bonds. The summed E-state index contributed by atoms with van der Waals surface area (Å²) in [6.07, 6.45) is 9.26. The van der Waals surface area contributed by atoms with Crippen molar-refractivity contribution < 1.29 is 4.79 Å². The number of hydrogen-bond acceptors (Lipinski definition) is 2. The molecule has 0 atom stereocenters. The van der Waals surface area contributed by atoms with Crippen molar-refractivity contribution in [3.05, 3.63) is 36.2 Å². The lowest BCUT2D eigenvalue weighted by Crippen LogP contribution is -2.05. The van der Waals surface area contributed by atoms with E-state index in [1.807, 2.05) is 24.4 Å². The van der Waals surface area contributed by atoms with Crippen LogP contribution in [-0.4, -0.2) is 15.4 Å². The van der Waals surface area contributed by atoms with Crippen LogP contribution in [0, 0.1) is 5.92 Å². The molecule has 0 saturated heterocycles. The van der Waals surface area contributed by atoms with Gasteiger partial charge in [-0.1, -0.05) is 31.7 Å². The maximum Gasteiger partial charge on any atom is 0.166 e. The molecular formula is C14H16N2O. The van der Waals surface area contributed by atoms with E-state index in [0.717, 1.165) is 11.1 Å². The Morgan fingerprint density at radius 3 is 3.00 bits per heavy atom. The molecule has 1 fully saturated rings. The Balaban J connectivity index is 1.85. The van der Waals surface area contributed by atoms with Crippen LogP contribution in [0.1, 0.15) is 42.5 Å². The van der Waals surface area contributed by atoms with E-state index in [1.165, 1.54) is 25.7 Å². The summed E-state index contributed by atoms with van der Waals surface area (Å²) in [5, 5.41) is 4.21. The highest BCUT2D eigenvalue weighted by molar-refractivity contribution is 6.02. The minimum Gasteiger partial charge on any atom is -0.294 e. The number of carbonyl (C=O) groups is 1. The maximum atomic E-state index is 12.2. The zero-order valence-corrected chi connectivity index (χ0v) is 9.80. The summed E-state index contributed by atoms with van der Waals surface area (Å²) in [6, 6.07) is 5.82. The predicted molar refractivity (Wildman–Crippen MR) is 66.1 cm³/mol. The van der Waals surface area contributed by atoms with Crippen LogP contribution in [0.4, 0.5) is 0 Å². The second-order valence-corrected chi connectivity index (χ2v) is 4.87. The van der Waals surface area contributed by atoms with Gasteiger partial charge in [-0.15, -0.1) is 0 Å². The molecule has 0 unspecified atom stereocenters. The van der Waals surface area contributed by atoms with Gasteiger partial charge in [-0.2, -0.15) is 5.10 Å². The Hall–Kier alpha value is -1.64. The van der Waals surface area contributed by atoms with Crippen LogP contribution < -0.4 is 0 Å². The number of pyridine rings is 1. The van der Waals surface area contributed by atoms with E-state index in [1.54, 1.807) is 10.7 Å². The Labute approximate surface area is 100 Å². The van der Waals surface area contributed by atoms with Crippen LogP contribution in [0.15, 0.2) is 30.6 Å². The minimum absolute atomic E-state index is 0.248. The topological polar surface area (TPSA) is 34.4 Å². The lowest BCUT2D eigenvalue weighted by atomic mass is 9.98. The molecule has 0 aromatic carbocycles. The van der Waals surface area contributed by atoms with E-state index >= 15 is 0 Å². The number of rotatable bonds is 3. The number of hydrogen-bond donors (Lipinski definition) is 0. The van der Waals surface area contributed by atoms with Crippen molar-refractivity contribution in [2.24, 2.45) is 5.92 Å². The van der Waals surface area contributed by atoms with Crippen LogP contribution in [0.2, 0.25) is 0 Å². The number of carbonyl (C=O) groups excluding carboxylic acids is 1. The maximum absolute atomic E-state index is 12.2. The third-order valence-corrected chi connectivity index (χ3v) is 3.68. The van der Waals surface area contributed by atoms with Crippen molar-refractivity contribution in [3.8, 4) is 0 Å². The van der Waals surface area contributed by atoms with E-state index in [9.17, 15) is 4.79 Å². The molecule has 2 aromatic rings. The molecule has 2 heterocycles. The Morgan fingerprint density at radius 2 is 2.18 bits per heavy atom. The minimum atomic E-state index is 0.248. The molecule has 0 radical (unpaired) electrons. The monoisotopic (exact) mass is 228 g/mol. The Kier molecular flexibility index (Phi) is 2.67. The molecule has 1 saturated carbocycles. The number of aromatic nitrogens is 2. The van der Waals surface area contributed by atoms with Crippen LogP contribution in [0.5, 0.6) is 0 Å². The van der Waals surface area contributed by atoms with Crippen molar-refractivity contribution in [1.82, 2.24) is 9.61 Å². The summed E-state index contributed by atoms with van der Waals surface area (Å²) >= 11 is 0. The summed E-state index contributed by atoms with van der Waals surface area (Å²) in [7, 11) is 0. The molecule has 88 valence electrons. The highest BCUT2D eigenvalue weighted by atomic mass is 16.1. The highest BCUT2D eigenvalue weighted by Crippen LogP contribution is 2.29. The first kappa shape index (κ1) is 10.5. The van der Waals surface area contributed by atoms with Crippen molar-refractivity contribution in [3.63, 3.8) is 0 Å². The van der Waals surface area contributed by atoms with Crippen molar-refractivity contribution in [2.45, 2.75) is 32.1 Å². The summed E-state index contributed by atoms with van der Waals surface area (Å²) in [5.41, 5.74) is 1.70. The van der Waals surface area contributed by atoms with E-state index < -0.39 is 0 Å². The van der Waals surface area contributed by atoms with Crippen molar-refractivity contribution in [2.75, 3.05) is 0 Å². The van der Waals surface area contributed by atoms with Gasteiger partial charge in [-0.3, -0.25) is 4.79 Å². The first-order chi connectivity index (χ1) is 8.34. The fraction of sp³-hybridized carbons (Fsp3) is 0.429. The molecule has 3 rings (SSSR count). The molecule has 0 N–H and O–H groups in total. The molecule has 0 bridgehead atoms. The van der Waals surface area contributed by atoms with Gasteiger partial charge in [-0.25, -0.2) is 4.52 Å². The van der Waals surface area contributed by atoms with Gasteiger partial charge < -0.3 is 0 Å². The summed E-state index contributed by atoms with van der Waals surface area (Å²) < 4.78 is 1.77. The zero-order valence-electron chi connectivity index (χ0n) is 9.80. The molecule has 0 spiro atoms. The molecule has 1 aliphatic carbocycles. The summed E-state index contributed by atoms with van der Waals surface area (Å²) in [5.74, 6) is 0.847. The van der Waals surface area contributed by atoms with Crippen LogP contribution >= 0.6 is 0 Å². The zero-order chi connectivity index (χ0) is 11.7. The van der Waals surface area contributed by atoms with Gasteiger partial charge in [0.2, 0.25) is 0 Å². The van der Waals surface area contributed by atoms with Crippen molar-refractivity contribution in [1.29, 1.82) is 0 Å². The first-order valence-corrected chi connectivity index (χ1v) is 6.30. The quantitative estimate of drug-likeness (QED) is 0.756. The average Bonchev–Trinajstić information content (AvgIpc) is 2.96. The molecule has 2 aromatic heterocycles. The lowest BCUT2D eigenvalue weighted by molar-refractivity contribution is 0.0963. The van der Waals surface area contributed by atoms with Gasteiger partial charge in [0, 0.05) is 12.6 Å².